The summed E-state index contributed by atoms with van der Waals surface area (Å²) in [7, 11) is 0. The van der Waals surface area contributed by atoms with Gasteiger partial charge in [0.1, 0.15) is 4.88 Å². The maximum atomic E-state index is 12.1. The molecular formula is C11H13Cl2NOS. The van der Waals surface area contributed by atoms with Gasteiger partial charge in [-0.1, -0.05) is 18.5 Å². The van der Waals surface area contributed by atoms with Crippen LogP contribution in [0.3, 0.4) is 0 Å². The molecule has 2 heterocycles. The molecule has 2 atom stereocenters. The van der Waals surface area contributed by atoms with Crippen molar-refractivity contribution in [1.82, 2.24) is 4.90 Å². The quantitative estimate of drug-likeness (QED) is 0.720. The van der Waals surface area contributed by atoms with Crippen LogP contribution < -0.4 is 0 Å². The zero-order chi connectivity index (χ0) is 11.7. The summed E-state index contributed by atoms with van der Waals surface area (Å²) >= 11 is 13.5. The Balaban J connectivity index is 2.09. The summed E-state index contributed by atoms with van der Waals surface area (Å²) in [5.74, 6) is 0.383. The molecule has 88 valence electrons. The molecule has 0 saturated carbocycles. The summed E-state index contributed by atoms with van der Waals surface area (Å²) in [6.45, 7) is 3.53. The fraction of sp³-hybridized carbons (Fsp3) is 0.545. The van der Waals surface area contributed by atoms with Gasteiger partial charge in [-0.2, -0.15) is 0 Å². The van der Waals surface area contributed by atoms with Gasteiger partial charge < -0.3 is 4.90 Å². The fourth-order valence-electron chi connectivity index (χ4n) is 1.89. The molecule has 2 rings (SSSR count). The lowest BCUT2D eigenvalue weighted by Gasteiger charge is -2.33. The Kier molecular flexibility index (Phi) is 3.77. The van der Waals surface area contributed by atoms with E-state index < -0.39 is 0 Å². The van der Waals surface area contributed by atoms with E-state index in [4.69, 9.17) is 23.2 Å². The number of hydrogen-bond acceptors (Lipinski definition) is 2. The number of amides is 1. The maximum Gasteiger partial charge on any atom is 0.265 e. The van der Waals surface area contributed by atoms with Gasteiger partial charge in [-0.15, -0.1) is 22.9 Å². The van der Waals surface area contributed by atoms with Gasteiger partial charge in [0.15, 0.2) is 0 Å². The van der Waals surface area contributed by atoms with Gasteiger partial charge >= 0.3 is 0 Å². The number of alkyl halides is 1. The average molecular weight is 278 g/mol. The predicted molar refractivity (Wildman–Crippen MR) is 68.7 cm³/mol. The number of piperidine rings is 1. The number of halogens is 2. The number of carbonyl (C=O) groups excluding carboxylic acids is 1. The van der Waals surface area contributed by atoms with Crippen LogP contribution in [0.5, 0.6) is 0 Å². The zero-order valence-electron chi connectivity index (χ0n) is 8.95. The Morgan fingerprint density at radius 3 is 2.94 bits per heavy atom. The average Bonchev–Trinajstić information content (AvgIpc) is 2.67. The molecule has 0 N–H and O–H groups in total. The van der Waals surface area contributed by atoms with E-state index in [1.807, 2.05) is 10.3 Å². The normalized spacial score (nSPS) is 25.8. The van der Waals surface area contributed by atoms with Crippen molar-refractivity contribution in [3.63, 3.8) is 0 Å². The van der Waals surface area contributed by atoms with Crippen LogP contribution in [0, 0.1) is 5.92 Å². The van der Waals surface area contributed by atoms with Gasteiger partial charge in [0.05, 0.1) is 5.02 Å². The summed E-state index contributed by atoms with van der Waals surface area (Å²) < 4.78 is 0. The van der Waals surface area contributed by atoms with E-state index in [1.165, 1.54) is 11.3 Å². The van der Waals surface area contributed by atoms with Crippen LogP contribution in [-0.4, -0.2) is 29.3 Å². The first kappa shape index (κ1) is 12.2. The summed E-state index contributed by atoms with van der Waals surface area (Å²) in [6.07, 6.45) is 0.859. The largest absolute Gasteiger partial charge is 0.338 e. The minimum Gasteiger partial charge on any atom is -0.338 e. The molecule has 1 aromatic rings. The van der Waals surface area contributed by atoms with Crippen LogP contribution in [0.2, 0.25) is 5.02 Å². The first-order valence-corrected chi connectivity index (χ1v) is 6.95. The van der Waals surface area contributed by atoms with E-state index in [9.17, 15) is 4.79 Å². The highest BCUT2D eigenvalue weighted by atomic mass is 35.5. The van der Waals surface area contributed by atoms with Gasteiger partial charge in [0.25, 0.3) is 5.91 Å². The molecule has 5 heteroatoms. The van der Waals surface area contributed by atoms with Crippen LogP contribution in [-0.2, 0) is 0 Å². The molecule has 1 amide bonds. The van der Waals surface area contributed by atoms with Gasteiger partial charge in [-0.3, -0.25) is 4.79 Å². The van der Waals surface area contributed by atoms with Crippen molar-refractivity contribution in [2.75, 3.05) is 13.1 Å². The zero-order valence-corrected chi connectivity index (χ0v) is 11.3. The van der Waals surface area contributed by atoms with Crippen LogP contribution in [0.25, 0.3) is 0 Å². The highest BCUT2D eigenvalue weighted by Crippen LogP contribution is 2.27. The van der Waals surface area contributed by atoms with Crippen LogP contribution in [0.15, 0.2) is 11.4 Å². The number of thiophene rings is 1. The van der Waals surface area contributed by atoms with Crippen molar-refractivity contribution in [1.29, 1.82) is 0 Å². The number of rotatable bonds is 1. The topological polar surface area (TPSA) is 20.3 Å². The maximum absolute atomic E-state index is 12.1. The summed E-state index contributed by atoms with van der Waals surface area (Å²) in [5.41, 5.74) is 0. The molecule has 16 heavy (non-hydrogen) atoms. The fourth-order valence-corrected chi connectivity index (χ4v) is 3.17. The lowest BCUT2D eigenvalue weighted by atomic mass is 9.99. The molecule has 1 aliphatic heterocycles. The molecule has 2 nitrogen and oxygen atoms in total. The molecule has 0 aromatic carbocycles. The number of nitrogens with zero attached hydrogens (tertiary/aromatic N) is 1. The molecule has 2 unspecified atom stereocenters. The predicted octanol–water partition coefficient (Wildman–Crippen LogP) is 3.49. The summed E-state index contributed by atoms with van der Waals surface area (Å²) in [4.78, 5) is 14.6. The minimum atomic E-state index is 0.0374. The van der Waals surface area contributed by atoms with Crippen LogP contribution in [0.4, 0.5) is 0 Å². The molecule has 1 aliphatic rings. The third kappa shape index (κ3) is 2.36. The Bertz CT molecular complexity index is 393. The van der Waals surface area contributed by atoms with E-state index in [2.05, 4.69) is 6.92 Å². The van der Waals surface area contributed by atoms with Crippen molar-refractivity contribution >= 4 is 40.4 Å². The van der Waals surface area contributed by atoms with Gasteiger partial charge in [0, 0.05) is 18.5 Å². The highest BCUT2D eigenvalue weighted by Gasteiger charge is 2.28. The van der Waals surface area contributed by atoms with Crippen molar-refractivity contribution < 1.29 is 4.79 Å². The van der Waals surface area contributed by atoms with Crippen molar-refractivity contribution in [3.05, 3.63) is 21.3 Å². The Labute approximate surface area is 109 Å². The monoisotopic (exact) mass is 277 g/mol. The molecule has 0 radical (unpaired) electrons. The van der Waals surface area contributed by atoms with E-state index in [-0.39, 0.29) is 11.3 Å². The first-order chi connectivity index (χ1) is 7.59. The third-order valence-corrected chi connectivity index (χ3v) is 4.88. The number of likely N-dealkylation sites (tertiary alicyclic amines) is 1. The molecule has 0 spiro atoms. The van der Waals surface area contributed by atoms with Gasteiger partial charge in [-0.25, -0.2) is 0 Å². The second-order valence-corrected chi connectivity index (χ2v) is 6.01. The molecule has 1 saturated heterocycles. The minimum absolute atomic E-state index is 0.0374. The van der Waals surface area contributed by atoms with Gasteiger partial charge in [0.2, 0.25) is 0 Å². The van der Waals surface area contributed by atoms with Crippen LogP contribution >= 0.6 is 34.5 Å². The second kappa shape index (κ2) is 4.94. The lowest BCUT2D eigenvalue weighted by molar-refractivity contribution is 0.0692. The Morgan fingerprint density at radius 2 is 2.38 bits per heavy atom. The number of hydrogen-bond donors (Lipinski definition) is 0. The Hall–Kier alpha value is -0.250. The van der Waals surface area contributed by atoms with Crippen molar-refractivity contribution in [3.8, 4) is 0 Å². The van der Waals surface area contributed by atoms with Crippen molar-refractivity contribution in [2.45, 2.75) is 18.7 Å². The molecular weight excluding hydrogens is 265 g/mol. The van der Waals surface area contributed by atoms with E-state index in [1.54, 1.807) is 6.07 Å². The molecule has 0 aliphatic carbocycles. The van der Waals surface area contributed by atoms with Crippen molar-refractivity contribution in [2.24, 2.45) is 5.92 Å². The van der Waals surface area contributed by atoms with Crippen LogP contribution in [0.1, 0.15) is 23.0 Å². The molecule has 0 bridgehead atoms. The summed E-state index contributed by atoms with van der Waals surface area (Å²) in [6, 6.07) is 1.76. The third-order valence-electron chi connectivity index (χ3n) is 2.90. The first-order valence-electron chi connectivity index (χ1n) is 5.26. The SMILES string of the molecule is CC1CN(C(=O)c2sccc2Cl)CCC1Cl. The molecule has 1 aromatic heterocycles. The van der Waals surface area contributed by atoms with E-state index >= 15 is 0 Å². The smallest absolute Gasteiger partial charge is 0.265 e. The number of carbonyl (C=O) groups is 1. The van der Waals surface area contributed by atoms with E-state index in [0.29, 0.717) is 15.8 Å². The molecule has 1 fully saturated rings. The lowest BCUT2D eigenvalue weighted by Crippen LogP contribution is -2.43. The standard InChI is InChI=1S/C11H13Cl2NOS/c1-7-6-14(4-2-8(7)12)11(15)10-9(13)3-5-16-10/h3,5,7-8H,2,4,6H2,1H3. The second-order valence-electron chi connectivity index (χ2n) is 4.13. The Morgan fingerprint density at radius 1 is 1.62 bits per heavy atom. The highest BCUT2D eigenvalue weighted by molar-refractivity contribution is 7.12. The summed E-state index contributed by atoms with van der Waals surface area (Å²) in [5, 5.41) is 2.58. The van der Waals surface area contributed by atoms with Gasteiger partial charge in [-0.05, 0) is 23.8 Å². The van der Waals surface area contributed by atoms with E-state index in [0.717, 1.165) is 19.5 Å².